The van der Waals surface area contributed by atoms with Crippen LogP contribution >= 0.6 is 0 Å². The number of ether oxygens (including phenoxy) is 1. The van der Waals surface area contributed by atoms with Gasteiger partial charge in [0.2, 0.25) is 5.43 Å². The van der Waals surface area contributed by atoms with Crippen molar-refractivity contribution in [1.82, 2.24) is 9.47 Å². The summed E-state index contributed by atoms with van der Waals surface area (Å²) >= 11 is 0. The van der Waals surface area contributed by atoms with Gasteiger partial charge in [-0.3, -0.25) is 9.69 Å². The number of pyridine rings is 1. The zero-order valence-electron chi connectivity index (χ0n) is 22.1. The number of rotatable bonds is 9. The SMILES string of the molecule is NCC1OB(O)c2c(OCCCN3CCN(c4cc5c(cc4F)c(=O)c(C(=O)O)cn5C4CC4)CC3)cccc21. The number of carbonyl (C=O) groups is 1. The van der Waals surface area contributed by atoms with Crippen molar-refractivity contribution in [3.8, 4) is 5.75 Å². The number of aromatic carboxylic acids is 1. The van der Waals surface area contributed by atoms with E-state index in [1.807, 2.05) is 27.7 Å². The minimum absolute atomic E-state index is 0.105. The predicted octanol–water partition coefficient (Wildman–Crippen LogP) is 1.48. The summed E-state index contributed by atoms with van der Waals surface area (Å²) in [6.07, 6.45) is 3.66. The molecule has 1 atom stereocenters. The number of aromatic nitrogens is 1. The summed E-state index contributed by atoms with van der Waals surface area (Å²) in [5, 5.41) is 19.8. The maximum absolute atomic E-state index is 15.2. The van der Waals surface area contributed by atoms with Gasteiger partial charge in [-0.1, -0.05) is 12.1 Å². The molecule has 2 aliphatic heterocycles. The number of benzene rings is 2. The fourth-order valence-electron chi connectivity index (χ4n) is 5.80. The van der Waals surface area contributed by atoms with Crippen LogP contribution in [0.5, 0.6) is 5.75 Å². The molecule has 1 saturated heterocycles. The molecule has 0 radical (unpaired) electrons. The van der Waals surface area contributed by atoms with E-state index in [1.165, 1.54) is 12.3 Å². The van der Waals surface area contributed by atoms with Crippen LogP contribution in [0.1, 0.15) is 47.3 Å². The number of carboxylic acid groups (broad SMARTS) is 1. The maximum Gasteiger partial charge on any atom is 0.495 e. The van der Waals surface area contributed by atoms with Crippen molar-refractivity contribution in [2.24, 2.45) is 5.73 Å². The first kappa shape index (κ1) is 26.8. The van der Waals surface area contributed by atoms with Crippen LogP contribution in [0.4, 0.5) is 10.1 Å². The number of anilines is 1. The van der Waals surface area contributed by atoms with Crippen molar-refractivity contribution in [3.63, 3.8) is 0 Å². The van der Waals surface area contributed by atoms with Gasteiger partial charge in [0.25, 0.3) is 0 Å². The molecule has 6 rings (SSSR count). The number of carboxylic acids is 1. The lowest BCUT2D eigenvalue weighted by atomic mass is 9.78. The Morgan fingerprint density at radius 2 is 1.98 bits per heavy atom. The van der Waals surface area contributed by atoms with E-state index in [2.05, 4.69) is 4.90 Å². The zero-order valence-corrected chi connectivity index (χ0v) is 22.1. The standard InChI is InChI=1S/C28H32BFN4O6/c30-21-13-19-22(34(17-5-6-17)16-20(27(19)35)28(36)37)14-23(21)33-10-8-32(9-11-33)7-2-12-39-24-4-1-3-18-25(15-31)40-29(38)26(18)24/h1,3-4,13-14,16-17,25,38H,2,5-12,15,31H2,(H,36,37). The molecule has 0 spiro atoms. The minimum atomic E-state index is -1.30. The summed E-state index contributed by atoms with van der Waals surface area (Å²) in [6, 6.07) is 8.62. The second-order valence-corrected chi connectivity index (χ2v) is 10.6. The second kappa shape index (κ2) is 10.8. The Balaban J connectivity index is 1.08. The zero-order chi connectivity index (χ0) is 28.0. The lowest BCUT2D eigenvalue weighted by molar-refractivity contribution is 0.0694. The number of halogens is 1. The Hall–Kier alpha value is -3.45. The van der Waals surface area contributed by atoms with E-state index in [0.717, 1.165) is 44.5 Å². The Morgan fingerprint density at radius 3 is 2.67 bits per heavy atom. The highest BCUT2D eigenvalue weighted by atomic mass is 19.1. The van der Waals surface area contributed by atoms with Gasteiger partial charge in [-0.2, -0.15) is 0 Å². The Bertz CT molecular complexity index is 1500. The van der Waals surface area contributed by atoms with Gasteiger partial charge in [-0.15, -0.1) is 0 Å². The topological polar surface area (TPSA) is 130 Å². The van der Waals surface area contributed by atoms with Crippen molar-refractivity contribution in [2.75, 3.05) is 50.8 Å². The molecule has 0 amide bonds. The highest BCUT2D eigenvalue weighted by molar-refractivity contribution is 6.62. The molecule has 1 aliphatic carbocycles. The van der Waals surface area contributed by atoms with E-state index in [9.17, 15) is 19.7 Å². The molecule has 1 unspecified atom stereocenters. The molecule has 12 heteroatoms. The highest BCUT2D eigenvalue weighted by Crippen LogP contribution is 2.38. The quantitative estimate of drug-likeness (QED) is 0.268. The van der Waals surface area contributed by atoms with E-state index in [0.29, 0.717) is 42.1 Å². The summed E-state index contributed by atoms with van der Waals surface area (Å²) < 4.78 is 28.6. The lowest BCUT2D eigenvalue weighted by Crippen LogP contribution is -2.47. The van der Waals surface area contributed by atoms with Crippen LogP contribution in [0.2, 0.25) is 0 Å². The van der Waals surface area contributed by atoms with Gasteiger partial charge in [0.1, 0.15) is 17.1 Å². The van der Waals surface area contributed by atoms with Gasteiger partial charge in [-0.25, -0.2) is 9.18 Å². The molecule has 3 aliphatic rings. The van der Waals surface area contributed by atoms with Gasteiger partial charge in [0.15, 0.2) is 0 Å². The highest BCUT2D eigenvalue weighted by Gasteiger charge is 2.37. The predicted molar refractivity (Wildman–Crippen MR) is 149 cm³/mol. The number of fused-ring (bicyclic) bond motifs is 2. The average Bonchev–Trinajstić information content (AvgIpc) is 3.74. The first-order chi connectivity index (χ1) is 19.4. The average molecular weight is 550 g/mol. The van der Waals surface area contributed by atoms with Crippen LogP contribution in [-0.4, -0.2) is 78.6 Å². The van der Waals surface area contributed by atoms with Crippen molar-refractivity contribution >= 4 is 35.1 Å². The van der Waals surface area contributed by atoms with Crippen molar-refractivity contribution in [2.45, 2.75) is 31.4 Å². The molecular formula is C28H32BFN4O6. The summed E-state index contributed by atoms with van der Waals surface area (Å²) in [5.41, 5.74) is 7.29. The van der Waals surface area contributed by atoms with Crippen molar-refractivity contribution in [3.05, 3.63) is 63.7 Å². The minimum Gasteiger partial charge on any atom is -0.494 e. The normalized spacial score (nSPS) is 19.3. The van der Waals surface area contributed by atoms with Gasteiger partial charge in [-0.05, 0) is 43.0 Å². The fraction of sp³-hybridized carbons (Fsp3) is 0.429. The molecule has 40 heavy (non-hydrogen) atoms. The first-order valence-corrected chi connectivity index (χ1v) is 13.7. The monoisotopic (exact) mass is 550 g/mol. The largest absolute Gasteiger partial charge is 0.495 e. The third-order valence-electron chi connectivity index (χ3n) is 8.06. The molecule has 1 saturated carbocycles. The third kappa shape index (κ3) is 4.96. The second-order valence-electron chi connectivity index (χ2n) is 10.6. The van der Waals surface area contributed by atoms with Gasteiger partial charge in [0.05, 0.1) is 23.9 Å². The number of piperazine rings is 1. The van der Waals surface area contributed by atoms with Crippen LogP contribution in [-0.2, 0) is 4.65 Å². The van der Waals surface area contributed by atoms with Crippen LogP contribution < -0.4 is 26.3 Å². The summed E-state index contributed by atoms with van der Waals surface area (Å²) in [6.45, 7) is 4.32. The summed E-state index contributed by atoms with van der Waals surface area (Å²) in [4.78, 5) is 28.6. The maximum atomic E-state index is 15.2. The molecule has 2 aromatic carbocycles. The van der Waals surface area contributed by atoms with E-state index >= 15 is 4.39 Å². The molecular weight excluding hydrogens is 518 g/mol. The molecule has 0 bridgehead atoms. The molecule has 1 aromatic heterocycles. The van der Waals surface area contributed by atoms with Crippen molar-refractivity contribution < 1.29 is 28.7 Å². The lowest BCUT2D eigenvalue weighted by Gasteiger charge is -2.36. The summed E-state index contributed by atoms with van der Waals surface area (Å²) in [7, 11) is -1.04. The third-order valence-corrected chi connectivity index (χ3v) is 8.06. The Labute approximate surface area is 230 Å². The van der Waals surface area contributed by atoms with E-state index in [-0.39, 0.29) is 29.6 Å². The van der Waals surface area contributed by atoms with Crippen LogP contribution in [0.3, 0.4) is 0 Å². The van der Waals surface area contributed by atoms with E-state index < -0.39 is 24.3 Å². The molecule has 3 aromatic rings. The van der Waals surface area contributed by atoms with Crippen LogP contribution in [0.25, 0.3) is 10.9 Å². The molecule has 210 valence electrons. The van der Waals surface area contributed by atoms with Gasteiger partial charge < -0.3 is 34.7 Å². The Morgan fingerprint density at radius 1 is 1.20 bits per heavy atom. The molecule has 3 heterocycles. The smallest absolute Gasteiger partial charge is 0.494 e. The number of hydrogen-bond acceptors (Lipinski definition) is 8. The summed E-state index contributed by atoms with van der Waals surface area (Å²) in [5.74, 6) is -1.21. The van der Waals surface area contributed by atoms with E-state index in [1.54, 1.807) is 6.07 Å². The first-order valence-electron chi connectivity index (χ1n) is 13.7. The van der Waals surface area contributed by atoms with Crippen molar-refractivity contribution in [1.29, 1.82) is 0 Å². The van der Waals surface area contributed by atoms with Gasteiger partial charge in [0, 0.05) is 62.4 Å². The molecule has 10 nitrogen and oxygen atoms in total. The van der Waals surface area contributed by atoms with Crippen LogP contribution in [0.15, 0.2) is 41.3 Å². The number of nitrogens with zero attached hydrogens (tertiary/aromatic N) is 3. The Kier molecular flexibility index (Phi) is 7.26. The van der Waals surface area contributed by atoms with E-state index in [4.69, 9.17) is 15.1 Å². The molecule has 2 fully saturated rings. The molecule has 4 N–H and O–H groups in total. The number of nitrogens with two attached hydrogens (primary N) is 1. The van der Waals surface area contributed by atoms with Crippen LogP contribution in [0, 0.1) is 5.82 Å². The van der Waals surface area contributed by atoms with Gasteiger partial charge >= 0.3 is 13.1 Å². The number of hydrogen-bond donors (Lipinski definition) is 3. The fourth-order valence-corrected chi connectivity index (χ4v) is 5.80.